The second-order valence-corrected chi connectivity index (χ2v) is 6.76. The maximum atomic E-state index is 12.1. The van der Waals surface area contributed by atoms with Crippen molar-refractivity contribution in [1.82, 2.24) is 10.2 Å². The van der Waals surface area contributed by atoms with E-state index in [-0.39, 0.29) is 30.9 Å². The predicted molar refractivity (Wildman–Crippen MR) is 91.3 cm³/mol. The largest absolute Gasteiger partial charge is 0.455 e. The predicted octanol–water partition coefficient (Wildman–Crippen LogP) is 1.64. The molecule has 2 amide bonds. The van der Waals surface area contributed by atoms with E-state index in [2.05, 4.69) is 5.32 Å². The summed E-state index contributed by atoms with van der Waals surface area (Å²) in [5.74, 6) is -1.21. The standard InChI is InChI=1S/C19H24N2O4/c22-17(20-11-14-6-2-1-3-7-14)13-25-19(24)15-10-18(23)21(12-15)16-8-4-5-9-16/h1-3,6-7,15-16H,4-5,8-13H2,(H,20,22)/t15-/m0/s1. The molecule has 1 aliphatic carbocycles. The van der Waals surface area contributed by atoms with Crippen LogP contribution in [0, 0.1) is 5.92 Å². The van der Waals surface area contributed by atoms with E-state index in [0.29, 0.717) is 13.1 Å². The van der Waals surface area contributed by atoms with Gasteiger partial charge in [-0.05, 0) is 18.4 Å². The smallest absolute Gasteiger partial charge is 0.311 e. The highest BCUT2D eigenvalue weighted by atomic mass is 16.5. The van der Waals surface area contributed by atoms with E-state index in [4.69, 9.17) is 4.74 Å². The maximum absolute atomic E-state index is 12.1. The van der Waals surface area contributed by atoms with Crippen molar-refractivity contribution >= 4 is 17.8 Å². The number of hydrogen-bond donors (Lipinski definition) is 1. The van der Waals surface area contributed by atoms with Crippen LogP contribution in [0.15, 0.2) is 30.3 Å². The van der Waals surface area contributed by atoms with Crippen molar-refractivity contribution in [1.29, 1.82) is 0 Å². The average Bonchev–Trinajstić information content (AvgIpc) is 3.28. The van der Waals surface area contributed by atoms with Crippen molar-refractivity contribution in [2.24, 2.45) is 5.92 Å². The number of nitrogens with one attached hydrogen (secondary N) is 1. The van der Waals surface area contributed by atoms with Crippen LogP contribution in [-0.2, 0) is 25.7 Å². The molecule has 1 atom stereocenters. The number of rotatable bonds is 6. The summed E-state index contributed by atoms with van der Waals surface area (Å²) in [5, 5.41) is 2.71. The first-order valence-corrected chi connectivity index (χ1v) is 8.90. The molecule has 1 N–H and O–H groups in total. The van der Waals surface area contributed by atoms with Crippen LogP contribution in [0.4, 0.5) is 0 Å². The number of carbonyl (C=O) groups is 3. The molecule has 0 spiro atoms. The lowest BCUT2D eigenvalue weighted by atomic mass is 10.1. The monoisotopic (exact) mass is 344 g/mol. The van der Waals surface area contributed by atoms with Crippen molar-refractivity contribution in [2.45, 2.75) is 44.7 Å². The number of esters is 1. The van der Waals surface area contributed by atoms with Crippen LogP contribution in [-0.4, -0.2) is 41.9 Å². The number of nitrogens with zero attached hydrogens (tertiary/aromatic N) is 1. The number of ether oxygens (including phenoxy) is 1. The third-order valence-electron chi connectivity index (χ3n) is 4.94. The second-order valence-electron chi connectivity index (χ2n) is 6.76. The Hall–Kier alpha value is -2.37. The Bertz CT molecular complexity index is 626. The van der Waals surface area contributed by atoms with Crippen molar-refractivity contribution in [3.8, 4) is 0 Å². The third-order valence-corrected chi connectivity index (χ3v) is 4.94. The van der Waals surface area contributed by atoms with Gasteiger partial charge in [0, 0.05) is 25.6 Å². The van der Waals surface area contributed by atoms with Gasteiger partial charge in [0.05, 0.1) is 5.92 Å². The lowest BCUT2D eigenvalue weighted by molar-refractivity contribution is -0.152. The van der Waals surface area contributed by atoms with Crippen LogP contribution in [0.2, 0.25) is 0 Å². The fourth-order valence-electron chi connectivity index (χ4n) is 3.56. The lowest BCUT2D eigenvalue weighted by Gasteiger charge is -2.23. The first-order chi connectivity index (χ1) is 12.1. The first-order valence-electron chi connectivity index (χ1n) is 8.90. The zero-order chi connectivity index (χ0) is 17.6. The molecule has 134 valence electrons. The number of hydrogen-bond acceptors (Lipinski definition) is 4. The summed E-state index contributed by atoms with van der Waals surface area (Å²) in [6.07, 6.45) is 4.53. The van der Waals surface area contributed by atoms with Gasteiger partial charge in [-0.1, -0.05) is 43.2 Å². The van der Waals surface area contributed by atoms with E-state index in [1.54, 1.807) is 0 Å². The molecular weight excluding hydrogens is 320 g/mol. The Kier molecular flexibility index (Phi) is 5.68. The summed E-state index contributed by atoms with van der Waals surface area (Å²) < 4.78 is 5.11. The summed E-state index contributed by atoms with van der Waals surface area (Å²) in [6.45, 7) is 0.516. The van der Waals surface area contributed by atoms with Gasteiger partial charge in [0.1, 0.15) is 0 Å². The molecular formula is C19H24N2O4. The highest BCUT2D eigenvalue weighted by molar-refractivity contribution is 5.88. The molecule has 25 heavy (non-hydrogen) atoms. The van der Waals surface area contributed by atoms with Crippen molar-refractivity contribution in [3.05, 3.63) is 35.9 Å². The molecule has 1 saturated carbocycles. The van der Waals surface area contributed by atoms with Gasteiger partial charge < -0.3 is 15.0 Å². The minimum Gasteiger partial charge on any atom is -0.455 e. The molecule has 3 rings (SSSR count). The number of benzene rings is 1. The van der Waals surface area contributed by atoms with Gasteiger partial charge >= 0.3 is 5.97 Å². The SMILES string of the molecule is O=C(COC(=O)[C@H]1CC(=O)N(C2CCCC2)C1)NCc1ccccc1. The van der Waals surface area contributed by atoms with E-state index in [1.165, 1.54) is 0 Å². The Morgan fingerprint density at radius 3 is 2.60 bits per heavy atom. The van der Waals surface area contributed by atoms with Gasteiger partial charge in [0.15, 0.2) is 6.61 Å². The quantitative estimate of drug-likeness (QED) is 0.796. The minimum atomic E-state index is -0.455. The molecule has 0 radical (unpaired) electrons. The van der Waals surface area contributed by atoms with E-state index in [9.17, 15) is 14.4 Å². The molecule has 6 heteroatoms. The third kappa shape index (κ3) is 4.59. The van der Waals surface area contributed by atoms with Crippen LogP contribution in [0.5, 0.6) is 0 Å². The summed E-state index contributed by atoms with van der Waals surface area (Å²) in [6, 6.07) is 9.80. The summed E-state index contributed by atoms with van der Waals surface area (Å²) in [7, 11) is 0. The minimum absolute atomic E-state index is 0.0300. The second kappa shape index (κ2) is 8.14. The van der Waals surface area contributed by atoms with E-state index in [0.717, 1.165) is 31.2 Å². The van der Waals surface area contributed by atoms with Crippen molar-refractivity contribution < 1.29 is 19.1 Å². The highest BCUT2D eigenvalue weighted by Gasteiger charge is 2.39. The Morgan fingerprint density at radius 1 is 1.16 bits per heavy atom. The Balaban J connectivity index is 1.40. The molecule has 0 bridgehead atoms. The zero-order valence-electron chi connectivity index (χ0n) is 14.3. The Morgan fingerprint density at radius 2 is 1.88 bits per heavy atom. The van der Waals surface area contributed by atoms with E-state index in [1.807, 2.05) is 35.2 Å². The normalized spacial score (nSPS) is 20.7. The lowest BCUT2D eigenvalue weighted by Crippen LogP contribution is -2.35. The summed E-state index contributed by atoms with van der Waals surface area (Å²) in [5.41, 5.74) is 0.982. The maximum Gasteiger partial charge on any atom is 0.311 e. The zero-order valence-corrected chi connectivity index (χ0v) is 14.3. The van der Waals surface area contributed by atoms with Gasteiger partial charge in [-0.2, -0.15) is 0 Å². The Labute approximate surface area is 147 Å². The van der Waals surface area contributed by atoms with Crippen LogP contribution < -0.4 is 5.32 Å². The van der Waals surface area contributed by atoms with E-state index >= 15 is 0 Å². The molecule has 0 unspecified atom stereocenters. The molecule has 1 aliphatic heterocycles. The van der Waals surface area contributed by atoms with Crippen LogP contribution in [0.3, 0.4) is 0 Å². The molecule has 2 fully saturated rings. The van der Waals surface area contributed by atoms with Crippen LogP contribution in [0.1, 0.15) is 37.7 Å². The highest BCUT2D eigenvalue weighted by Crippen LogP contribution is 2.29. The van der Waals surface area contributed by atoms with Crippen molar-refractivity contribution in [3.63, 3.8) is 0 Å². The number of amides is 2. The van der Waals surface area contributed by atoms with Crippen LogP contribution in [0.25, 0.3) is 0 Å². The molecule has 6 nitrogen and oxygen atoms in total. The van der Waals surface area contributed by atoms with Gasteiger partial charge in [-0.3, -0.25) is 14.4 Å². The van der Waals surface area contributed by atoms with Crippen LogP contribution >= 0.6 is 0 Å². The topological polar surface area (TPSA) is 75.7 Å². The van der Waals surface area contributed by atoms with Crippen molar-refractivity contribution in [2.75, 3.05) is 13.2 Å². The fourth-order valence-corrected chi connectivity index (χ4v) is 3.56. The van der Waals surface area contributed by atoms with Gasteiger partial charge in [-0.25, -0.2) is 0 Å². The fraction of sp³-hybridized carbons (Fsp3) is 0.526. The molecule has 2 aliphatic rings. The molecule has 1 heterocycles. The molecule has 1 aromatic rings. The summed E-state index contributed by atoms with van der Waals surface area (Å²) in [4.78, 5) is 37.9. The summed E-state index contributed by atoms with van der Waals surface area (Å²) >= 11 is 0. The average molecular weight is 344 g/mol. The van der Waals surface area contributed by atoms with Gasteiger partial charge in [0.2, 0.25) is 5.91 Å². The molecule has 0 aromatic heterocycles. The molecule has 1 saturated heterocycles. The van der Waals surface area contributed by atoms with Gasteiger partial charge in [0.25, 0.3) is 5.91 Å². The van der Waals surface area contributed by atoms with Gasteiger partial charge in [-0.15, -0.1) is 0 Å². The first kappa shape index (κ1) is 17.5. The number of likely N-dealkylation sites (tertiary alicyclic amines) is 1. The van der Waals surface area contributed by atoms with E-state index < -0.39 is 11.9 Å². The number of carbonyl (C=O) groups excluding carboxylic acids is 3. The molecule has 1 aromatic carbocycles.